The van der Waals surface area contributed by atoms with Crippen LogP contribution in [0, 0.1) is 5.92 Å². The standard InChI is InChI=1S/C22H27ClN2O6S/c1-22(2,3)31-25-21(26)19-12-15(10-11-29-19)14-32(27,28)18-7-5-17(6-8-18)30-20-9-4-16(23)13-24-20/h4-9,13,15,19H,10-12,14H2,1-3H3,(H,25,26). The molecule has 1 aromatic heterocycles. The van der Waals surface area contributed by atoms with E-state index in [1.807, 2.05) is 20.8 Å². The van der Waals surface area contributed by atoms with Gasteiger partial charge in [0.05, 0.1) is 21.3 Å². The molecular formula is C22H27ClN2O6S. The normalized spacial score (nSPS) is 19.4. The van der Waals surface area contributed by atoms with Crippen molar-refractivity contribution in [2.24, 2.45) is 5.92 Å². The van der Waals surface area contributed by atoms with Crippen LogP contribution in [0.25, 0.3) is 0 Å². The zero-order valence-electron chi connectivity index (χ0n) is 18.2. The van der Waals surface area contributed by atoms with Gasteiger partial charge < -0.3 is 9.47 Å². The molecule has 1 amide bonds. The van der Waals surface area contributed by atoms with Crippen molar-refractivity contribution < 1.29 is 27.5 Å². The van der Waals surface area contributed by atoms with Gasteiger partial charge in [0.1, 0.15) is 11.9 Å². The van der Waals surface area contributed by atoms with Crippen LogP contribution in [0.4, 0.5) is 0 Å². The van der Waals surface area contributed by atoms with Gasteiger partial charge >= 0.3 is 0 Å². The molecule has 1 fully saturated rings. The molecule has 0 saturated carbocycles. The molecule has 1 saturated heterocycles. The van der Waals surface area contributed by atoms with Crippen LogP contribution in [0.1, 0.15) is 33.6 Å². The minimum atomic E-state index is -3.55. The number of carbonyl (C=O) groups excluding carboxylic acids is 1. The lowest BCUT2D eigenvalue weighted by Gasteiger charge is -2.29. The highest BCUT2D eigenvalue weighted by Gasteiger charge is 2.32. The first kappa shape index (κ1) is 24.4. The van der Waals surface area contributed by atoms with Gasteiger partial charge in [0, 0.05) is 18.9 Å². The number of carbonyl (C=O) groups is 1. The molecule has 0 spiro atoms. The molecule has 0 radical (unpaired) electrons. The number of rotatable bonds is 7. The fourth-order valence-corrected chi connectivity index (χ4v) is 4.91. The quantitative estimate of drug-likeness (QED) is 0.596. The monoisotopic (exact) mass is 482 g/mol. The molecule has 1 aromatic carbocycles. The maximum Gasteiger partial charge on any atom is 0.272 e. The first-order valence-electron chi connectivity index (χ1n) is 10.2. The Morgan fingerprint density at radius 2 is 1.94 bits per heavy atom. The summed E-state index contributed by atoms with van der Waals surface area (Å²) in [4.78, 5) is 21.8. The first-order chi connectivity index (χ1) is 15.0. The Morgan fingerprint density at radius 3 is 2.56 bits per heavy atom. The fourth-order valence-electron chi connectivity index (χ4n) is 3.13. The Labute approximate surface area is 193 Å². The molecule has 1 N–H and O–H groups in total. The van der Waals surface area contributed by atoms with Gasteiger partial charge in [-0.2, -0.15) is 0 Å². The molecule has 174 valence electrons. The van der Waals surface area contributed by atoms with Crippen molar-refractivity contribution in [1.29, 1.82) is 0 Å². The van der Waals surface area contributed by atoms with Crippen LogP contribution in [0.3, 0.4) is 0 Å². The van der Waals surface area contributed by atoms with Gasteiger partial charge in [0.15, 0.2) is 9.84 Å². The molecule has 2 atom stereocenters. The van der Waals surface area contributed by atoms with E-state index in [4.69, 9.17) is 25.9 Å². The minimum Gasteiger partial charge on any atom is -0.439 e. The lowest BCUT2D eigenvalue weighted by molar-refractivity contribution is -0.160. The molecule has 10 heteroatoms. The van der Waals surface area contributed by atoms with E-state index in [1.165, 1.54) is 18.3 Å². The summed E-state index contributed by atoms with van der Waals surface area (Å²) in [7, 11) is -3.55. The van der Waals surface area contributed by atoms with Gasteiger partial charge in [-0.3, -0.25) is 9.63 Å². The molecule has 2 unspecified atom stereocenters. The maximum atomic E-state index is 12.9. The van der Waals surface area contributed by atoms with Gasteiger partial charge in [-0.15, -0.1) is 0 Å². The molecule has 3 rings (SSSR count). The largest absolute Gasteiger partial charge is 0.439 e. The predicted molar refractivity (Wildman–Crippen MR) is 119 cm³/mol. The molecule has 1 aliphatic rings. The average molecular weight is 483 g/mol. The SMILES string of the molecule is CC(C)(C)ONC(=O)C1CC(CS(=O)(=O)c2ccc(Oc3ccc(Cl)cn3)cc2)CCO1. The number of hydrogen-bond donors (Lipinski definition) is 1. The van der Waals surface area contributed by atoms with Crippen molar-refractivity contribution in [3.63, 3.8) is 0 Å². The summed E-state index contributed by atoms with van der Waals surface area (Å²) in [6, 6.07) is 9.43. The number of pyridine rings is 1. The van der Waals surface area contributed by atoms with Crippen molar-refractivity contribution >= 4 is 27.3 Å². The minimum absolute atomic E-state index is 0.0702. The number of nitrogens with zero attached hydrogens (tertiary/aromatic N) is 1. The highest BCUT2D eigenvalue weighted by atomic mass is 35.5. The number of sulfone groups is 1. The number of aromatic nitrogens is 1. The predicted octanol–water partition coefficient (Wildman–Crippen LogP) is 3.94. The van der Waals surface area contributed by atoms with Crippen LogP contribution >= 0.6 is 11.6 Å². The Morgan fingerprint density at radius 1 is 1.22 bits per heavy atom. The molecule has 8 nitrogen and oxygen atoms in total. The highest BCUT2D eigenvalue weighted by molar-refractivity contribution is 7.91. The van der Waals surface area contributed by atoms with E-state index in [9.17, 15) is 13.2 Å². The van der Waals surface area contributed by atoms with E-state index in [0.29, 0.717) is 36.1 Å². The van der Waals surface area contributed by atoms with Crippen molar-refractivity contribution in [3.05, 3.63) is 47.6 Å². The van der Waals surface area contributed by atoms with Crippen molar-refractivity contribution in [2.75, 3.05) is 12.4 Å². The summed E-state index contributed by atoms with van der Waals surface area (Å²) in [6.07, 6.45) is 1.59. The summed E-state index contributed by atoms with van der Waals surface area (Å²) < 4.78 is 36.9. The molecule has 32 heavy (non-hydrogen) atoms. The summed E-state index contributed by atoms with van der Waals surface area (Å²) in [6.45, 7) is 5.75. The molecular weight excluding hydrogens is 456 g/mol. The number of amides is 1. The number of hydrogen-bond acceptors (Lipinski definition) is 7. The third-order valence-electron chi connectivity index (χ3n) is 4.70. The fraction of sp³-hybridized carbons (Fsp3) is 0.455. The molecule has 1 aliphatic heterocycles. The molecule has 0 aliphatic carbocycles. The van der Waals surface area contributed by atoms with Crippen LogP contribution in [0.15, 0.2) is 47.5 Å². The first-order valence-corrected chi connectivity index (χ1v) is 12.3. The lowest BCUT2D eigenvalue weighted by atomic mass is 9.97. The Kier molecular flexibility index (Phi) is 7.76. The third-order valence-corrected chi connectivity index (χ3v) is 6.83. The number of hydroxylamine groups is 1. The van der Waals surface area contributed by atoms with Gasteiger partial charge in [-0.05, 0) is 69.9 Å². The Hall–Kier alpha value is -2.20. The van der Waals surface area contributed by atoms with Gasteiger partial charge in [0.2, 0.25) is 5.88 Å². The summed E-state index contributed by atoms with van der Waals surface area (Å²) in [5.41, 5.74) is 1.86. The average Bonchev–Trinajstić information content (AvgIpc) is 2.73. The second kappa shape index (κ2) is 10.2. The summed E-state index contributed by atoms with van der Waals surface area (Å²) >= 11 is 5.80. The summed E-state index contributed by atoms with van der Waals surface area (Å²) in [5.74, 6) is 0.138. The van der Waals surface area contributed by atoms with Crippen LogP contribution in [0.2, 0.25) is 5.02 Å². The van der Waals surface area contributed by atoms with Crippen LogP contribution in [-0.4, -0.2) is 43.4 Å². The molecule has 2 aromatic rings. The summed E-state index contributed by atoms with van der Waals surface area (Å²) in [5, 5.41) is 0.494. The van der Waals surface area contributed by atoms with Gasteiger partial charge in [-0.25, -0.2) is 18.9 Å². The number of nitrogens with one attached hydrogen (secondary N) is 1. The van der Waals surface area contributed by atoms with E-state index in [1.54, 1.807) is 24.3 Å². The van der Waals surface area contributed by atoms with Crippen molar-refractivity contribution in [1.82, 2.24) is 10.5 Å². The molecule has 0 bridgehead atoms. The highest BCUT2D eigenvalue weighted by Crippen LogP contribution is 2.27. The zero-order chi connectivity index (χ0) is 23.4. The van der Waals surface area contributed by atoms with E-state index < -0.39 is 27.4 Å². The van der Waals surface area contributed by atoms with E-state index in [2.05, 4.69) is 10.5 Å². The van der Waals surface area contributed by atoms with E-state index in [0.717, 1.165) is 0 Å². The zero-order valence-corrected chi connectivity index (χ0v) is 19.8. The lowest BCUT2D eigenvalue weighted by Crippen LogP contribution is -2.44. The number of ether oxygens (including phenoxy) is 2. The van der Waals surface area contributed by atoms with E-state index >= 15 is 0 Å². The maximum absolute atomic E-state index is 12.9. The Bertz CT molecular complexity index is 1020. The second-order valence-electron chi connectivity index (χ2n) is 8.60. The molecule has 2 heterocycles. The van der Waals surface area contributed by atoms with Crippen molar-refractivity contribution in [3.8, 4) is 11.6 Å². The van der Waals surface area contributed by atoms with Crippen LogP contribution in [0.5, 0.6) is 11.6 Å². The number of halogens is 1. The van der Waals surface area contributed by atoms with Crippen LogP contribution in [-0.2, 0) is 24.2 Å². The smallest absolute Gasteiger partial charge is 0.272 e. The van der Waals surface area contributed by atoms with Gasteiger partial charge in [-0.1, -0.05) is 11.6 Å². The van der Waals surface area contributed by atoms with Crippen molar-refractivity contribution in [2.45, 2.75) is 50.2 Å². The van der Waals surface area contributed by atoms with Crippen LogP contribution < -0.4 is 10.2 Å². The second-order valence-corrected chi connectivity index (χ2v) is 11.1. The Balaban J connectivity index is 1.59. The van der Waals surface area contributed by atoms with E-state index in [-0.39, 0.29) is 16.6 Å². The topological polar surface area (TPSA) is 104 Å². The number of benzene rings is 1. The third kappa shape index (κ3) is 7.16. The van der Waals surface area contributed by atoms with Gasteiger partial charge in [0.25, 0.3) is 5.91 Å².